The SMILES string of the molecule is CN[C@H]1CCN(c2ncc3c4c(c(-c5ncc(F)c6sc(N)c(C#N)c56)c(F)c3n2)COC4)C1. The molecule has 5 heterocycles. The number of ether oxygens (including phenoxy) is 1. The molecular weight excluding hydrogens is 460 g/mol. The van der Waals surface area contributed by atoms with Gasteiger partial charge in [-0.1, -0.05) is 0 Å². The number of hydrogen-bond acceptors (Lipinski definition) is 9. The zero-order chi connectivity index (χ0) is 23.6. The number of hydrogen-bond donors (Lipinski definition) is 2. The van der Waals surface area contributed by atoms with Crippen molar-refractivity contribution >= 4 is 43.3 Å². The molecule has 0 radical (unpaired) electrons. The molecule has 0 saturated carbocycles. The number of nitrogen functional groups attached to an aromatic ring is 1. The number of nitrogens with zero attached hydrogens (tertiary/aromatic N) is 5. The highest BCUT2D eigenvalue weighted by molar-refractivity contribution is 7.23. The van der Waals surface area contributed by atoms with E-state index in [0.29, 0.717) is 22.9 Å². The van der Waals surface area contributed by atoms with Crippen LogP contribution in [0.1, 0.15) is 23.1 Å². The third-order valence-electron chi connectivity index (χ3n) is 6.61. The molecule has 1 saturated heterocycles. The molecule has 172 valence electrons. The third kappa shape index (κ3) is 2.96. The van der Waals surface area contributed by atoms with Crippen LogP contribution in [0.25, 0.3) is 32.2 Å². The van der Waals surface area contributed by atoms with Crippen molar-refractivity contribution in [2.45, 2.75) is 25.7 Å². The number of halogens is 2. The standard InChI is InChI=1S/C23H19F2N7OS/c1-28-10-2-3-32(7-10)23-30-5-12-13-8-33-9-14(13)16(18(25)19(12)31-23)20-17-11(4-26)22(27)34-21(17)15(24)6-29-20/h5-6,10,28H,2-3,7-9,27H2,1H3/t10-/m0/s1. The van der Waals surface area contributed by atoms with Crippen molar-refractivity contribution in [2.75, 3.05) is 30.8 Å². The van der Waals surface area contributed by atoms with E-state index in [2.05, 4.69) is 20.3 Å². The van der Waals surface area contributed by atoms with Crippen LogP contribution in [-0.2, 0) is 18.0 Å². The molecule has 0 unspecified atom stereocenters. The van der Waals surface area contributed by atoms with E-state index in [1.54, 1.807) is 6.20 Å². The summed E-state index contributed by atoms with van der Waals surface area (Å²) in [6.07, 6.45) is 3.62. The van der Waals surface area contributed by atoms with E-state index in [1.165, 1.54) is 0 Å². The summed E-state index contributed by atoms with van der Waals surface area (Å²) in [5, 5.41) is 13.9. The summed E-state index contributed by atoms with van der Waals surface area (Å²) >= 11 is 0.951. The number of likely N-dealkylation sites (N-methyl/N-ethyl adjacent to an activating group) is 1. The highest BCUT2D eigenvalue weighted by atomic mass is 32.1. The van der Waals surface area contributed by atoms with Crippen molar-refractivity contribution in [3.63, 3.8) is 0 Å². The van der Waals surface area contributed by atoms with E-state index >= 15 is 4.39 Å². The Labute approximate surface area is 197 Å². The molecule has 3 aromatic heterocycles. The van der Waals surface area contributed by atoms with Crippen LogP contribution in [0.2, 0.25) is 0 Å². The second kappa shape index (κ2) is 7.80. The lowest BCUT2D eigenvalue weighted by molar-refractivity contribution is 0.135. The number of benzene rings is 1. The van der Waals surface area contributed by atoms with Crippen molar-refractivity contribution in [3.8, 4) is 17.3 Å². The molecule has 0 aliphatic carbocycles. The number of anilines is 2. The summed E-state index contributed by atoms with van der Waals surface area (Å²) < 4.78 is 36.7. The molecule has 11 heteroatoms. The van der Waals surface area contributed by atoms with E-state index in [-0.39, 0.29) is 50.6 Å². The average Bonchev–Trinajstić information content (AvgIpc) is 3.58. The predicted octanol–water partition coefficient (Wildman–Crippen LogP) is 3.47. The molecule has 2 aliphatic rings. The Morgan fingerprint density at radius 3 is 2.85 bits per heavy atom. The topological polar surface area (TPSA) is 113 Å². The van der Waals surface area contributed by atoms with Crippen LogP contribution in [-0.4, -0.2) is 41.1 Å². The zero-order valence-electron chi connectivity index (χ0n) is 18.2. The number of nitriles is 1. The fourth-order valence-corrected chi connectivity index (χ4v) is 5.79. The Morgan fingerprint density at radius 2 is 2.09 bits per heavy atom. The molecule has 0 spiro atoms. The average molecular weight is 480 g/mol. The molecule has 4 aromatic rings. The van der Waals surface area contributed by atoms with Gasteiger partial charge in [-0.3, -0.25) is 4.98 Å². The van der Waals surface area contributed by atoms with Crippen molar-refractivity contribution in [1.82, 2.24) is 20.3 Å². The van der Waals surface area contributed by atoms with E-state index in [0.717, 1.165) is 42.6 Å². The first-order valence-corrected chi connectivity index (χ1v) is 11.6. The normalized spacial score (nSPS) is 17.6. The first-order chi connectivity index (χ1) is 16.5. The number of fused-ring (bicyclic) bond motifs is 4. The minimum Gasteiger partial charge on any atom is -0.389 e. The molecule has 6 rings (SSSR count). The minimum absolute atomic E-state index is 0.0905. The minimum atomic E-state index is -0.608. The predicted molar refractivity (Wildman–Crippen MR) is 125 cm³/mol. The van der Waals surface area contributed by atoms with Gasteiger partial charge in [0.05, 0.1) is 35.4 Å². The second-order valence-corrected chi connectivity index (χ2v) is 9.46. The van der Waals surface area contributed by atoms with Gasteiger partial charge >= 0.3 is 0 Å². The van der Waals surface area contributed by atoms with Crippen LogP contribution in [0, 0.1) is 23.0 Å². The smallest absolute Gasteiger partial charge is 0.226 e. The molecule has 1 atom stereocenters. The highest BCUT2D eigenvalue weighted by Gasteiger charge is 2.31. The maximum Gasteiger partial charge on any atom is 0.226 e. The number of nitrogens with two attached hydrogens (primary N) is 1. The van der Waals surface area contributed by atoms with E-state index < -0.39 is 11.6 Å². The van der Waals surface area contributed by atoms with E-state index in [9.17, 15) is 9.65 Å². The van der Waals surface area contributed by atoms with Gasteiger partial charge in [-0.2, -0.15) is 5.26 Å². The fraction of sp³-hybridized carbons (Fsp3) is 0.304. The molecule has 2 aliphatic heterocycles. The molecule has 0 bridgehead atoms. The van der Waals surface area contributed by atoms with Crippen molar-refractivity contribution in [2.24, 2.45) is 0 Å². The summed E-state index contributed by atoms with van der Waals surface area (Å²) in [5.41, 5.74) is 7.93. The molecular formula is C23H19F2N7OS. The Balaban J connectivity index is 1.63. The van der Waals surface area contributed by atoms with Gasteiger partial charge in [0, 0.05) is 41.7 Å². The maximum atomic E-state index is 16.3. The first-order valence-electron chi connectivity index (χ1n) is 10.8. The van der Waals surface area contributed by atoms with Gasteiger partial charge in [0.25, 0.3) is 0 Å². The number of aromatic nitrogens is 3. The lowest BCUT2D eigenvalue weighted by Crippen LogP contribution is -2.30. The van der Waals surface area contributed by atoms with Crippen molar-refractivity contribution in [3.05, 3.63) is 40.7 Å². The summed E-state index contributed by atoms with van der Waals surface area (Å²) in [5.74, 6) is -0.756. The molecule has 1 fully saturated rings. The Hall–Kier alpha value is -3.46. The lowest BCUT2D eigenvalue weighted by Gasteiger charge is -2.18. The number of pyridine rings is 1. The van der Waals surface area contributed by atoms with Crippen LogP contribution in [0.3, 0.4) is 0 Å². The summed E-state index contributed by atoms with van der Waals surface area (Å²) in [6, 6.07) is 2.34. The monoisotopic (exact) mass is 479 g/mol. The van der Waals surface area contributed by atoms with Gasteiger partial charge in [-0.15, -0.1) is 11.3 Å². The van der Waals surface area contributed by atoms with Crippen LogP contribution >= 0.6 is 11.3 Å². The fourth-order valence-electron chi connectivity index (χ4n) is 4.87. The largest absolute Gasteiger partial charge is 0.389 e. The molecule has 8 nitrogen and oxygen atoms in total. The number of rotatable bonds is 3. The number of thiophene rings is 1. The Kier molecular flexibility index (Phi) is 4.84. The first kappa shape index (κ1) is 21.1. The molecule has 0 amide bonds. The second-order valence-electron chi connectivity index (χ2n) is 8.40. The Morgan fingerprint density at radius 1 is 1.26 bits per heavy atom. The van der Waals surface area contributed by atoms with Gasteiger partial charge in [-0.25, -0.2) is 18.7 Å². The molecule has 1 aromatic carbocycles. The molecule has 3 N–H and O–H groups in total. The maximum absolute atomic E-state index is 16.3. The van der Waals surface area contributed by atoms with Crippen LogP contribution in [0.4, 0.5) is 19.7 Å². The lowest BCUT2D eigenvalue weighted by atomic mass is 9.94. The van der Waals surface area contributed by atoms with Gasteiger partial charge in [-0.05, 0) is 24.6 Å². The van der Waals surface area contributed by atoms with E-state index in [4.69, 9.17) is 10.5 Å². The van der Waals surface area contributed by atoms with Gasteiger partial charge in [0.15, 0.2) is 11.6 Å². The van der Waals surface area contributed by atoms with Crippen LogP contribution < -0.4 is 16.0 Å². The van der Waals surface area contributed by atoms with Gasteiger partial charge < -0.3 is 20.7 Å². The third-order valence-corrected chi connectivity index (χ3v) is 7.64. The summed E-state index contributed by atoms with van der Waals surface area (Å²) in [4.78, 5) is 15.4. The van der Waals surface area contributed by atoms with Crippen LogP contribution in [0.15, 0.2) is 12.4 Å². The quantitative estimate of drug-likeness (QED) is 0.459. The van der Waals surface area contributed by atoms with E-state index in [1.807, 2.05) is 18.0 Å². The molecule has 34 heavy (non-hydrogen) atoms. The summed E-state index contributed by atoms with van der Waals surface area (Å²) in [6.45, 7) is 1.93. The Bertz CT molecular complexity index is 1530. The van der Waals surface area contributed by atoms with Gasteiger partial charge in [0.1, 0.15) is 16.6 Å². The summed E-state index contributed by atoms with van der Waals surface area (Å²) in [7, 11) is 1.91. The zero-order valence-corrected chi connectivity index (χ0v) is 19.0. The van der Waals surface area contributed by atoms with Crippen molar-refractivity contribution < 1.29 is 13.5 Å². The highest BCUT2D eigenvalue weighted by Crippen LogP contribution is 2.45. The number of nitrogens with one attached hydrogen (secondary N) is 1. The van der Waals surface area contributed by atoms with Gasteiger partial charge in [0.2, 0.25) is 5.95 Å². The van der Waals surface area contributed by atoms with Crippen molar-refractivity contribution in [1.29, 1.82) is 5.26 Å². The van der Waals surface area contributed by atoms with Crippen LogP contribution in [0.5, 0.6) is 0 Å².